The summed E-state index contributed by atoms with van der Waals surface area (Å²) in [5.41, 5.74) is 2.07. The number of piperazine rings is 1. The largest absolute Gasteiger partial charge is 0.321 e. The zero-order chi connectivity index (χ0) is 17.1. The lowest BCUT2D eigenvalue weighted by Gasteiger charge is -2.41. The molecule has 1 saturated heterocycles. The number of hydrazone groups is 1. The third-order valence-corrected chi connectivity index (χ3v) is 4.62. The van der Waals surface area contributed by atoms with Crippen molar-refractivity contribution in [1.82, 2.24) is 9.91 Å². The molecule has 5 nitrogen and oxygen atoms in total. The molecule has 7 heteroatoms. The molecule has 0 amide bonds. The molecule has 2 aromatic rings. The minimum Gasteiger partial charge on any atom is -0.321 e. The Kier molecular flexibility index (Phi) is 5.13. The Morgan fingerprint density at radius 1 is 1.17 bits per heavy atom. The number of hydrogen-bond acceptors (Lipinski definition) is 4. The summed E-state index contributed by atoms with van der Waals surface area (Å²) >= 11 is 3.50. The van der Waals surface area contributed by atoms with Gasteiger partial charge in [-0.05, 0) is 35.4 Å². The van der Waals surface area contributed by atoms with Gasteiger partial charge in [-0.1, -0.05) is 40.2 Å². The van der Waals surface area contributed by atoms with E-state index >= 15 is 0 Å². The SMILES string of the molecule is N/N=C1/C(c2ccc(F)cc2)N(Cc2cccc(Br)c2)CCN1N. The van der Waals surface area contributed by atoms with Gasteiger partial charge in [-0.2, -0.15) is 5.10 Å². The highest BCUT2D eigenvalue weighted by molar-refractivity contribution is 9.10. The van der Waals surface area contributed by atoms with Gasteiger partial charge in [-0.3, -0.25) is 9.91 Å². The van der Waals surface area contributed by atoms with Crippen molar-refractivity contribution in [2.45, 2.75) is 12.6 Å². The summed E-state index contributed by atoms with van der Waals surface area (Å²) < 4.78 is 14.3. The van der Waals surface area contributed by atoms with E-state index in [1.165, 1.54) is 17.7 Å². The van der Waals surface area contributed by atoms with Gasteiger partial charge in [0.25, 0.3) is 0 Å². The van der Waals surface area contributed by atoms with Crippen LogP contribution in [0.25, 0.3) is 0 Å². The number of halogens is 2. The van der Waals surface area contributed by atoms with Crippen LogP contribution >= 0.6 is 15.9 Å². The monoisotopic (exact) mass is 391 g/mol. The molecule has 4 N–H and O–H groups in total. The molecule has 1 fully saturated rings. The summed E-state index contributed by atoms with van der Waals surface area (Å²) in [5, 5.41) is 5.45. The summed E-state index contributed by atoms with van der Waals surface area (Å²) in [7, 11) is 0. The first-order chi connectivity index (χ1) is 11.6. The van der Waals surface area contributed by atoms with Crippen molar-refractivity contribution in [1.29, 1.82) is 0 Å². The Morgan fingerprint density at radius 3 is 2.58 bits per heavy atom. The van der Waals surface area contributed by atoms with E-state index in [2.05, 4.69) is 38.1 Å². The molecule has 0 radical (unpaired) electrons. The van der Waals surface area contributed by atoms with E-state index in [0.717, 1.165) is 16.6 Å². The molecule has 1 unspecified atom stereocenters. The topological polar surface area (TPSA) is 70.9 Å². The Bertz CT molecular complexity index is 734. The molecule has 0 saturated carbocycles. The van der Waals surface area contributed by atoms with Crippen LogP contribution in [-0.4, -0.2) is 28.8 Å². The molecule has 126 valence electrons. The van der Waals surface area contributed by atoms with Crippen LogP contribution in [-0.2, 0) is 6.54 Å². The smallest absolute Gasteiger partial charge is 0.160 e. The van der Waals surface area contributed by atoms with Crippen molar-refractivity contribution in [3.63, 3.8) is 0 Å². The molecule has 1 aliphatic heterocycles. The lowest BCUT2D eigenvalue weighted by atomic mass is 10.0. The molecule has 2 aromatic carbocycles. The predicted molar refractivity (Wildman–Crippen MR) is 96.2 cm³/mol. The quantitative estimate of drug-likeness (QED) is 0.622. The number of nitrogens with zero attached hydrogens (tertiary/aromatic N) is 3. The second-order valence-corrected chi connectivity index (χ2v) is 6.65. The fourth-order valence-corrected chi connectivity index (χ4v) is 3.44. The van der Waals surface area contributed by atoms with Crippen molar-refractivity contribution < 1.29 is 4.39 Å². The van der Waals surface area contributed by atoms with E-state index in [1.807, 2.05) is 12.1 Å². The molecule has 0 spiro atoms. The Labute approximate surface area is 148 Å². The first-order valence-corrected chi connectivity index (χ1v) is 8.42. The molecular weight excluding hydrogens is 373 g/mol. The number of hydrazine groups is 1. The normalized spacial score (nSPS) is 20.5. The summed E-state index contributed by atoms with van der Waals surface area (Å²) in [5.74, 6) is 11.9. The summed E-state index contributed by atoms with van der Waals surface area (Å²) in [6.07, 6.45) is 0. The van der Waals surface area contributed by atoms with Crippen LogP contribution in [0.4, 0.5) is 4.39 Å². The predicted octanol–water partition coefficient (Wildman–Crippen LogP) is 2.59. The van der Waals surface area contributed by atoms with Crippen molar-refractivity contribution in [3.05, 3.63) is 69.9 Å². The van der Waals surface area contributed by atoms with Crippen LogP contribution in [0.15, 0.2) is 58.1 Å². The fraction of sp³-hybridized carbons (Fsp3) is 0.235. The molecule has 24 heavy (non-hydrogen) atoms. The van der Waals surface area contributed by atoms with Gasteiger partial charge in [-0.25, -0.2) is 10.2 Å². The Morgan fingerprint density at radius 2 is 1.92 bits per heavy atom. The van der Waals surface area contributed by atoms with E-state index < -0.39 is 0 Å². The van der Waals surface area contributed by atoms with Crippen molar-refractivity contribution in [2.24, 2.45) is 16.8 Å². The minimum atomic E-state index is -0.274. The van der Waals surface area contributed by atoms with Gasteiger partial charge in [0, 0.05) is 24.1 Å². The average molecular weight is 392 g/mol. The highest BCUT2D eigenvalue weighted by Crippen LogP contribution is 2.28. The second-order valence-electron chi connectivity index (χ2n) is 5.74. The fourth-order valence-electron chi connectivity index (χ4n) is 2.99. The molecule has 0 aliphatic carbocycles. The highest BCUT2D eigenvalue weighted by Gasteiger charge is 2.33. The lowest BCUT2D eigenvalue weighted by Crippen LogP contribution is -2.55. The van der Waals surface area contributed by atoms with Crippen LogP contribution in [0.3, 0.4) is 0 Å². The highest BCUT2D eigenvalue weighted by atomic mass is 79.9. The molecule has 1 heterocycles. The first-order valence-electron chi connectivity index (χ1n) is 7.62. The van der Waals surface area contributed by atoms with Gasteiger partial charge in [0.2, 0.25) is 0 Å². The molecule has 3 rings (SSSR count). The number of benzene rings is 2. The zero-order valence-corrected chi connectivity index (χ0v) is 14.7. The minimum absolute atomic E-state index is 0.215. The van der Waals surface area contributed by atoms with Gasteiger partial charge in [0.15, 0.2) is 5.84 Å². The van der Waals surface area contributed by atoms with Crippen LogP contribution in [0.2, 0.25) is 0 Å². The summed E-state index contributed by atoms with van der Waals surface area (Å²) in [6.45, 7) is 2.10. The van der Waals surface area contributed by atoms with E-state index in [-0.39, 0.29) is 11.9 Å². The first kappa shape index (κ1) is 16.9. The van der Waals surface area contributed by atoms with Gasteiger partial charge in [0.1, 0.15) is 5.82 Å². The van der Waals surface area contributed by atoms with E-state index in [9.17, 15) is 4.39 Å². The maximum atomic E-state index is 13.3. The van der Waals surface area contributed by atoms with Crippen LogP contribution < -0.4 is 11.7 Å². The van der Waals surface area contributed by atoms with Gasteiger partial charge in [-0.15, -0.1) is 0 Å². The summed E-state index contributed by atoms with van der Waals surface area (Å²) in [4.78, 5) is 2.24. The Hall–Kier alpha value is -1.96. The van der Waals surface area contributed by atoms with Crippen molar-refractivity contribution in [2.75, 3.05) is 13.1 Å². The third-order valence-electron chi connectivity index (χ3n) is 4.12. The number of hydrogen-bond donors (Lipinski definition) is 2. The maximum absolute atomic E-state index is 13.3. The maximum Gasteiger partial charge on any atom is 0.160 e. The van der Waals surface area contributed by atoms with Crippen molar-refractivity contribution in [3.8, 4) is 0 Å². The zero-order valence-electron chi connectivity index (χ0n) is 13.1. The molecule has 0 aromatic heterocycles. The second kappa shape index (κ2) is 7.29. The number of rotatable bonds is 3. The van der Waals surface area contributed by atoms with Crippen LogP contribution in [0.1, 0.15) is 17.2 Å². The van der Waals surface area contributed by atoms with Crippen LogP contribution in [0, 0.1) is 5.82 Å². The molecule has 1 aliphatic rings. The Balaban J connectivity index is 1.94. The van der Waals surface area contributed by atoms with Gasteiger partial charge >= 0.3 is 0 Å². The molecule has 0 bridgehead atoms. The summed E-state index contributed by atoms with van der Waals surface area (Å²) in [6, 6.07) is 14.3. The van der Waals surface area contributed by atoms with E-state index in [4.69, 9.17) is 11.7 Å². The van der Waals surface area contributed by atoms with Crippen LogP contribution in [0.5, 0.6) is 0 Å². The lowest BCUT2D eigenvalue weighted by molar-refractivity contribution is 0.166. The van der Waals surface area contributed by atoms with Gasteiger partial charge in [0.05, 0.1) is 6.04 Å². The van der Waals surface area contributed by atoms with Gasteiger partial charge < -0.3 is 5.84 Å². The van der Waals surface area contributed by atoms with E-state index in [1.54, 1.807) is 17.1 Å². The number of nitrogens with two attached hydrogens (primary N) is 2. The standard InChI is InChI=1S/C17H19BrFN5/c18-14-3-1-2-12(10-14)11-23-8-9-24(21)17(22-20)16(23)13-4-6-15(19)7-5-13/h1-7,10,16H,8-9,11,20-21H2/b22-17-. The third kappa shape index (κ3) is 3.58. The van der Waals surface area contributed by atoms with E-state index in [0.29, 0.717) is 18.9 Å². The molecular formula is C17H19BrFN5. The molecule has 1 atom stereocenters. The van der Waals surface area contributed by atoms with Crippen molar-refractivity contribution >= 4 is 21.8 Å². The number of amidine groups is 1. The average Bonchev–Trinajstić information content (AvgIpc) is 2.57.